The first kappa shape index (κ1) is 21.1. The van der Waals surface area contributed by atoms with Crippen molar-refractivity contribution in [2.75, 3.05) is 19.6 Å². The summed E-state index contributed by atoms with van der Waals surface area (Å²) in [6.07, 6.45) is 1.96. The maximum absolute atomic E-state index is 13.0. The van der Waals surface area contributed by atoms with Crippen molar-refractivity contribution in [2.24, 2.45) is 0 Å². The van der Waals surface area contributed by atoms with Gasteiger partial charge in [0.1, 0.15) is 17.7 Å². The van der Waals surface area contributed by atoms with Crippen LogP contribution in [-0.2, 0) is 11.2 Å². The van der Waals surface area contributed by atoms with E-state index in [2.05, 4.69) is 5.32 Å². The van der Waals surface area contributed by atoms with Gasteiger partial charge in [0.2, 0.25) is 5.91 Å². The minimum atomic E-state index is -0.285. The lowest BCUT2D eigenvalue weighted by molar-refractivity contribution is -0.130. The summed E-state index contributed by atoms with van der Waals surface area (Å²) in [6.45, 7) is 3.27. The van der Waals surface area contributed by atoms with Crippen LogP contribution < -0.4 is 10.1 Å². The zero-order chi connectivity index (χ0) is 20.8. The van der Waals surface area contributed by atoms with E-state index >= 15 is 0 Å². The highest BCUT2D eigenvalue weighted by Crippen LogP contribution is 2.26. The van der Waals surface area contributed by atoms with Gasteiger partial charge >= 0.3 is 0 Å². The van der Waals surface area contributed by atoms with Crippen LogP contribution in [0.25, 0.3) is 0 Å². The van der Waals surface area contributed by atoms with Crippen LogP contribution in [0.1, 0.15) is 35.7 Å². The molecule has 7 heteroatoms. The molecule has 1 heterocycles. The number of halogens is 2. The molecule has 1 N–H and O–H groups in total. The van der Waals surface area contributed by atoms with Gasteiger partial charge in [-0.2, -0.15) is 0 Å². The van der Waals surface area contributed by atoms with E-state index in [-0.39, 0.29) is 23.7 Å². The maximum atomic E-state index is 13.0. The Kier molecular flexibility index (Phi) is 7.09. The fourth-order valence-electron chi connectivity index (χ4n) is 3.32. The molecule has 1 saturated heterocycles. The molecule has 0 aromatic heterocycles. The highest BCUT2D eigenvalue weighted by atomic mass is 35.5. The van der Waals surface area contributed by atoms with E-state index < -0.39 is 0 Å². The van der Waals surface area contributed by atoms with Gasteiger partial charge in [0.15, 0.2) is 0 Å². The van der Waals surface area contributed by atoms with Crippen molar-refractivity contribution in [3.8, 4) is 5.75 Å². The summed E-state index contributed by atoms with van der Waals surface area (Å²) in [7, 11) is 0. The smallest absolute Gasteiger partial charge is 0.255 e. The number of hydrogen-bond acceptors (Lipinski definition) is 3. The second-order valence-corrected chi connectivity index (χ2v) is 7.53. The maximum Gasteiger partial charge on any atom is 0.255 e. The second-order valence-electron chi connectivity index (χ2n) is 7.10. The predicted octanol–water partition coefficient (Wildman–Crippen LogP) is 3.84. The quantitative estimate of drug-likeness (QED) is 0.775. The molecule has 2 amide bonds. The fourth-order valence-corrected chi connectivity index (χ4v) is 3.49. The van der Waals surface area contributed by atoms with E-state index in [0.717, 1.165) is 5.56 Å². The zero-order valence-corrected chi connectivity index (χ0v) is 17.0. The predicted molar refractivity (Wildman–Crippen MR) is 110 cm³/mol. The summed E-state index contributed by atoms with van der Waals surface area (Å²) >= 11 is 6.09. The van der Waals surface area contributed by atoms with Gasteiger partial charge in [0.25, 0.3) is 5.91 Å². The van der Waals surface area contributed by atoms with Gasteiger partial charge in [0, 0.05) is 44.4 Å². The van der Waals surface area contributed by atoms with Crippen molar-refractivity contribution in [1.82, 2.24) is 10.2 Å². The topological polar surface area (TPSA) is 58.6 Å². The van der Waals surface area contributed by atoms with Gasteiger partial charge in [-0.25, -0.2) is 4.39 Å². The molecule has 2 aromatic rings. The number of amides is 2. The summed E-state index contributed by atoms with van der Waals surface area (Å²) in [5.41, 5.74) is 1.32. The molecule has 154 valence electrons. The fraction of sp³-hybridized carbons (Fsp3) is 0.364. The van der Waals surface area contributed by atoms with Gasteiger partial charge in [-0.15, -0.1) is 0 Å². The third-order valence-electron chi connectivity index (χ3n) is 4.98. The Morgan fingerprint density at radius 2 is 1.86 bits per heavy atom. The standard InChI is InChI=1S/C22H24ClFN2O3/c1-15(27)26-12-9-19(10-13-26)29-21-7-4-17(23)14-20(21)22(28)25-11-8-16-2-5-18(24)6-3-16/h2-7,14,19H,8-13H2,1H3,(H,25,28). The molecular weight excluding hydrogens is 395 g/mol. The van der Waals surface area contributed by atoms with Gasteiger partial charge in [-0.1, -0.05) is 23.7 Å². The van der Waals surface area contributed by atoms with Gasteiger partial charge in [-0.05, 0) is 42.3 Å². The Morgan fingerprint density at radius 1 is 1.17 bits per heavy atom. The van der Waals surface area contributed by atoms with E-state index in [9.17, 15) is 14.0 Å². The molecular formula is C22H24ClFN2O3. The molecule has 5 nitrogen and oxygen atoms in total. The summed E-state index contributed by atoms with van der Waals surface area (Å²) in [5, 5.41) is 3.32. The lowest BCUT2D eigenvalue weighted by Crippen LogP contribution is -2.40. The van der Waals surface area contributed by atoms with Crippen LogP contribution in [0.15, 0.2) is 42.5 Å². The third kappa shape index (κ3) is 5.94. The molecule has 1 aliphatic heterocycles. The van der Waals surface area contributed by atoms with Crippen LogP contribution >= 0.6 is 11.6 Å². The number of carbonyl (C=O) groups excluding carboxylic acids is 2. The van der Waals surface area contributed by atoms with Crippen LogP contribution in [0.5, 0.6) is 5.75 Å². The van der Waals surface area contributed by atoms with Crippen LogP contribution in [-0.4, -0.2) is 42.5 Å². The van der Waals surface area contributed by atoms with Crippen molar-refractivity contribution >= 4 is 23.4 Å². The molecule has 2 aromatic carbocycles. The van der Waals surface area contributed by atoms with Gasteiger partial charge in [-0.3, -0.25) is 9.59 Å². The van der Waals surface area contributed by atoms with Crippen molar-refractivity contribution in [3.63, 3.8) is 0 Å². The first-order chi connectivity index (χ1) is 13.9. The molecule has 0 spiro atoms. The summed E-state index contributed by atoms with van der Waals surface area (Å²) in [4.78, 5) is 25.9. The molecule has 0 radical (unpaired) electrons. The number of nitrogens with zero attached hydrogens (tertiary/aromatic N) is 1. The summed E-state index contributed by atoms with van der Waals surface area (Å²) in [5.74, 6) is -0.00968. The van der Waals surface area contributed by atoms with Crippen LogP contribution in [0.2, 0.25) is 5.02 Å². The van der Waals surface area contributed by atoms with Crippen LogP contribution in [0, 0.1) is 5.82 Å². The minimum absolute atomic E-state index is 0.0578. The lowest BCUT2D eigenvalue weighted by atomic mass is 10.1. The third-order valence-corrected chi connectivity index (χ3v) is 5.21. The van der Waals surface area contributed by atoms with E-state index in [1.165, 1.54) is 12.1 Å². The minimum Gasteiger partial charge on any atom is -0.489 e. The average Bonchev–Trinajstić information content (AvgIpc) is 2.71. The molecule has 1 aliphatic rings. The number of benzene rings is 2. The van der Waals surface area contributed by atoms with Crippen molar-refractivity contribution in [1.29, 1.82) is 0 Å². The number of hydrogen-bond donors (Lipinski definition) is 1. The van der Waals surface area contributed by atoms with E-state index in [0.29, 0.717) is 55.2 Å². The zero-order valence-electron chi connectivity index (χ0n) is 16.3. The highest BCUT2D eigenvalue weighted by molar-refractivity contribution is 6.31. The van der Waals surface area contributed by atoms with Gasteiger partial charge in [0.05, 0.1) is 5.56 Å². The summed E-state index contributed by atoms with van der Waals surface area (Å²) in [6, 6.07) is 11.2. The highest BCUT2D eigenvalue weighted by Gasteiger charge is 2.23. The first-order valence-electron chi connectivity index (χ1n) is 9.67. The van der Waals surface area contributed by atoms with E-state index in [1.54, 1.807) is 42.2 Å². The van der Waals surface area contributed by atoms with E-state index in [4.69, 9.17) is 16.3 Å². The SMILES string of the molecule is CC(=O)N1CCC(Oc2ccc(Cl)cc2C(=O)NCCc2ccc(F)cc2)CC1. The van der Waals surface area contributed by atoms with Crippen LogP contribution in [0.4, 0.5) is 4.39 Å². The Morgan fingerprint density at radius 3 is 2.52 bits per heavy atom. The monoisotopic (exact) mass is 418 g/mol. The molecule has 0 atom stereocenters. The van der Waals surface area contributed by atoms with Crippen molar-refractivity contribution in [2.45, 2.75) is 32.3 Å². The van der Waals surface area contributed by atoms with E-state index in [1.807, 2.05) is 0 Å². The molecule has 0 saturated carbocycles. The van der Waals surface area contributed by atoms with Crippen LogP contribution in [0.3, 0.4) is 0 Å². The number of likely N-dealkylation sites (tertiary alicyclic amines) is 1. The molecule has 0 aliphatic carbocycles. The lowest BCUT2D eigenvalue weighted by Gasteiger charge is -2.31. The second kappa shape index (κ2) is 9.74. The number of rotatable bonds is 6. The Balaban J connectivity index is 1.59. The normalized spacial score (nSPS) is 14.5. The molecule has 29 heavy (non-hydrogen) atoms. The Hall–Kier alpha value is -2.60. The Bertz CT molecular complexity index is 865. The average molecular weight is 419 g/mol. The number of carbonyl (C=O) groups is 2. The first-order valence-corrected chi connectivity index (χ1v) is 10.0. The Labute approximate surface area is 174 Å². The number of piperidine rings is 1. The number of ether oxygens (including phenoxy) is 1. The molecule has 3 rings (SSSR count). The van der Waals surface area contributed by atoms with Crippen molar-refractivity contribution < 1.29 is 18.7 Å². The molecule has 1 fully saturated rings. The van der Waals surface area contributed by atoms with Gasteiger partial charge < -0.3 is 15.0 Å². The number of nitrogens with one attached hydrogen (secondary N) is 1. The largest absolute Gasteiger partial charge is 0.489 e. The van der Waals surface area contributed by atoms with Crippen molar-refractivity contribution in [3.05, 3.63) is 64.4 Å². The molecule has 0 bridgehead atoms. The molecule has 0 unspecified atom stereocenters. The summed E-state index contributed by atoms with van der Waals surface area (Å²) < 4.78 is 19.0.